The monoisotopic (exact) mass is 203 g/mol. The summed E-state index contributed by atoms with van der Waals surface area (Å²) in [4.78, 5) is 10.2. The Hall–Kier alpha value is -2.28. The van der Waals surface area contributed by atoms with E-state index >= 15 is 0 Å². The molecule has 4 nitrogen and oxygen atoms in total. The maximum atomic E-state index is 10.6. The van der Waals surface area contributed by atoms with Crippen LogP contribution in [0.25, 0.3) is 0 Å². The lowest BCUT2D eigenvalue weighted by Crippen LogP contribution is -1.90. The van der Waals surface area contributed by atoms with Crippen LogP contribution < -0.4 is 0 Å². The van der Waals surface area contributed by atoms with E-state index < -0.39 is 4.92 Å². The number of methoxy groups -OCH3 is 1. The summed E-state index contributed by atoms with van der Waals surface area (Å²) in [6.07, 6.45) is 2.89. The van der Waals surface area contributed by atoms with Crippen LogP contribution in [0.5, 0.6) is 0 Å². The Labute approximate surface area is 87.3 Å². The first kappa shape index (κ1) is 10.8. The van der Waals surface area contributed by atoms with Crippen molar-refractivity contribution >= 4 is 5.69 Å². The Bertz CT molecular complexity index is 441. The lowest BCUT2D eigenvalue weighted by Gasteiger charge is -1.92. The molecule has 1 aromatic carbocycles. The molecule has 0 N–H and O–H groups in total. The molecule has 4 heteroatoms. The fourth-order valence-electron chi connectivity index (χ4n) is 0.960. The molecule has 0 spiro atoms. The molecule has 0 atom stereocenters. The second-order valence-corrected chi connectivity index (χ2v) is 2.58. The zero-order valence-electron chi connectivity index (χ0n) is 8.14. The van der Waals surface area contributed by atoms with Gasteiger partial charge in [0.15, 0.2) is 0 Å². The molecular weight excluding hydrogens is 194 g/mol. The summed E-state index contributed by atoms with van der Waals surface area (Å²) < 4.78 is 4.64. The van der Waals surface area contributed by atoms with Gasteiger partial charge in [-0.25, -0.2) is 0 Å². The zero-order chi connectivity index (χ0) is 11.1. The second-order valence-electron chi connectivity index (χ2n) is 2.58. The number of hydrogen-bond acceptors (Lipinski definition) is 3. The number of para-hydroxylation sites is 1. The summed E-state index contributed by atoms with van der Waals surface area (Å²) in [7, 11) is 1.50. The lowest BCUT2D eigenvalue weighted by atomic mass is 10.2. The minimum atomic E-state index is -0.454. The van der Waals surface area contributed by atoms with Crippen molar-refractivity contribution in [3.05, 3.63) is 52.3 Å². The number of hydrogen-bond donors (Lipinski definition) is 0. The smallest absolute Gasteiger partial charge is 0.284 e. The van der Waals surface area contributed by atoms with E-state index in [1.807, 2.05) is 0 Å². The van der Waals surface area contributed by atoms with Crippen molar-refractivity contribution in [2.75, 3.05) is 7.11 Å². The third kappa shape index (κ3) is 3.16. The molecule has 0 saturated heterocycles. The van der Waals surface area contributed by atoms with Crippen molar-refractivity contribution in [2.45, 2.75) is 0 Å². The average Bonchev–Trinajstić information content (AvgIpc) is 2.25. The lowest BCUT2D eigenvalue weighted by molar-refractivity contribution is -0.385. The summed E-state index contributed by atoms with van der Waals surface area (Å²) in [6, 6.07) is 6.33. The molecule has 0 fully saturated rings. The van der Waals surface area contributed by atoms with Gasteiger partial charge in [-0.2, -0.15) is 0 Å². The molecule has 1 aromatic rings. The van der Waals surface area contributed by atoms with E-state index in [-0.39, 0.29) is 5.69 Å². The predicted molar refractivity (Wildman–Crippen MR) is 56.1 cm³/mol. The topological polar surface area (TPSA) is 52.4 Å². The van der Waals surface area contributed by atoms with Crippen LogP contribution in [-0.2, 0) is 4.74 Å². The van der Waals surface area contributed by atoms with Crippen molar-refractivity contribution in [3.8, 4) is 11.8 Å². The van der Waals surface area contributed by atoms with Crippen LogP contribution in [-0.4, -0.2) is 12.0 Å². The maximum absolute atomic E-state index is 10.6. The summed E-state index contributed by atoms with van der Waals surface area (Å²) in [5.74, 6) is 5.31. The molecule has 15 heavy (non-hydrogen) atoms. The van der Waals surface area contributed by atoms with Crippen molar-refractivity contribution < 1.29 is 9.66 Å². The molecule has 0 amide bonds. The van der Waals surface area contributed by atoms with Gasteiger partial charge in [-0.3, -0.25) is 10.1 Å². The van der Waals surface area contributed by atoms with Gasteiger partial charge < -0.3 is 4.74 Å². The van der Waals surface area contributed by atoms with Crippen molar-refractivity contribution in [1.82, 2.24) is 0 Å². The van der Waals surface area contributed by atoms with Gasteiger partial charge in [-0.05, 0) is 6.07 Å². The standard InChI is InChI=1S/C11H9NO3/c1-15-9-5-4-7-10-6-2-3-8-11(10)12(13)14/h2-3,5-6,8-9H,1H3/b9-5+. The number of nitro groups is 1. The highest BCUT2D eigenvalue weighted by atomic mass is 16.6. The number of nitro benzene ring substituents is 1. The highest BCUT2D eigenvalue weighted by Crippen LogP contribution is 2.15. The van der Waals surface area contributed by atoms with E-state index in [0.29, 0.717) is 5.56 Å². The number of nitrogens with zero attached hydrogens (tertiary/aromatic N) is 1. The van der Waals surface area contributed by atoms with E-state index in [2.05, 4.69) is 16.6 Å². The first-order chi connectivity index (χ1) is 7.25. The molecule has 76 valence electrons. The second kappa shape index (κ2) is 5.45. The molecule has 1 rings (SSSR count). The van der Waals surface area contributed by atoms with Crippen molar-refractivity contribution in [2.24, 2.45) is 0 Å². The molecule has 0 aliphatic rings. The van der Waals surface area contributed by atoms with E-state index in [4.69, 9.17) is 0 Å². The van der Waals surface area contributed by atoms with Gasteiger partial charge in [0.2, 0.25) is 0 Å². The number of ether oxygens (including phenoxy) is 1. The van der Waals surface area contributed by atoms with Crippen LogP contribution in [0.15, 0.2) is 36.6 Å². The molecular formula is C11H9NO3. The van der Waals surface area contributed by atoms with Gasteiger partial charge in [0.05, 0.1) is 18.3 Å². The third-order valence-corrected chi connectivity index (χ3v) is 1.60. The van der Waals surface area contributed by atoms with E-state index in [9.17, 15) is 10.1 Å². The highest BCUT2D eigenvalue weighted by molar-refractivity contribution is 5.51. The van der Waals surface area contributed by atoms with Crippen LogP contribution in [0.2, 0.25) is 0 Å². The van der Waals surface area contributed by atoms with Crippen molar-refractivity contribution in [3.63, 3.8) is 0 Å². The quantitative estimate of drug-likeness (QED) is 0.320. The number of allylic oxidation sites excluding steroid dienone is 1. The molecule has 0 radical (unpaired) electrons. The molecule has 0 heterocycles. The summed E-state index contributed by atoms with van der Waals surface area (Å²) in [6.45, 7) is 0. The molecule has 0 saturated carbocycles. The highest BCUT2D eigenvalue weighted by Gasteiger charge is 2.08. The van der Waals surface area contributed by atoms with E-state index in [0.717, 1.165) is 0 Å². The Morgan fingerprint density at radius 3 is 2.87 bits per heavy atom. The SMILES string of the molecule is CO/C=C/C#Cc1ccccc1[N+](=O)[O-]. The van der Waals surface area contributed by atoms with E-state index in [1.165, 1.54) is 25.5 Å². The van der Waals surface area contributed by atoms with Gasteiger partial charge in [0.1, 0.15) is 5.56 Å². The minimum Gasteiger partial charge on any atom is -0.504 e. The average molecular weight is 203 g/mol. The van der Waals surface area contributed by atoms with Gasteiger partial charge in [0.25, 0.3) is 5.69 Å². The van der Waals surface area contributed by atoms with Crippen LogP contribution in [0, 0.1) is 22.0 Å². The van der Waals surface area contributed by atoms with Gasteiger partial charge >= 0.3 is 0 Å². The van der Waals surface area contributed by atoms with Crippen LogP contribution in [0.1, 0.15) is 5.56 Å². The van der Waals surface area contributed by atoms with E-state index in [1.54, 1.807) is 18.2 Å². The maximum Gasteiger partial charge on any atom is 0.284 e. The first-order valence-electron chi connectivity index (χ1n) is 4.18. The molecule has 0 bridgehead atoms. The summed E-state index contributed by atoms with van der Waals surface area (Å²) in [5.41, 5.74) is 0.402. The Balaban J connectivity index is 2.97. The van der Waals surface area contributed by atoms with Crippen LogP contribution >= 0.6 is 0 Å². The Morgan fingerprint density at radius 1 is 1.47 bits per heavy atom. The normalized spacial score (nSPS) is 9.40. The largest absolute Gasteiger partial charge is 0.504 e. The van der Waals surface area contributed by atoms with Crippen LogP contribution in [0.3, 0.4) is 0 Å². The predicted octanol–water partition coefficient (Wildman–Crippen LogP) is 2.11. The van der Waals surface area contributed by atoms with Crippen LogP contribution in [0.4, 0.5) is 5.69 Å². The molecule has 0 aliphatic heterocycles. The van der Waals surface area contributed by atoms with Gasteiger partial charge in [-0.1, -0.05) is 24.0 Å². The molecule has 0 aliphatic carbocycles. The first-order valence-corrected chi connectivity index (χ1v) is 4.18. The zero-order valence-corrected chi connectivity index (χ0v) is 8.14. The minimum absolute atomic E-state index is 0.0100. The number of rotatable bonds is 2. The molecule has 0 aromatic heterocycles. The summed E-state index contributed by atoms with van der Waals surface area (Å²) >= 11 is 0. The summed E-state index contributed by atoms with van der Waals surface area (Å²) in [5, 5.41) is 10.6. The number of benzene rings is 1. The van der Waals surface area contributed by atoms with Gasteiger partial charge in [-0.15, -0.1) is 0 Å². The fourth-order valence-corrected chi connectivity index (χ4v) is 0.960. The van der Waals surface area contributed by atoms with Crippen molar-refractivity contribution in [1.29, 1.82) is 0 Å². The molecule has 0 unspecified atom stereocenters. The Kier molecular flexibility index (Phi) is 3.92. The third-order valence-electron chi connectivity index (χ3n) is 1.60. The fraction of sp³-hybridized carbons (Fsp3) is 0.0909. The Morgan fingerprint density at radius 2 is 2.20 bits per heavy atom. The van der Waals surface area contributed by atoms with Gasteiger partial charge in [0, 0.05) is 12.1 Å².